The van der Waals surface area contributed by atoms with E-state index in [0.717, 1.165) is 0 Å². The van der Waals surface area contributed by atoms with Gasteiger partial charge >= 0.3 is 5.82 Å². The zero-order chi connectivity index (χ0) is 11.3. The van der Waals surface area contributed by atoms with E-state index in [1.54, 1.807) is 4.57 Å². The average molecular weight is 273 g/mol. The van der Waals surface area contributed by atoms with E-state index in [1.807, 2.05) is 6.07 Å². The van der Waals surface area contributed by atoms with E-state index < -0.39 is 4.92 Å². The monoisotopic (exact) mass is 272 g/mol. The van der Waals surface area contributed by atoms with E-state index in [1.165, 1.54) is 6.33 Å². The van der Waals surface area contributed by atoms with Gasteiger partial charge in [-0.3, -0.25) is 0 Å². The number of aromatic nitrogens is 2. The predicted octanol–water partition coefficient (Wildman–Crippen LogP) is 1.64. The molecule has 1 rings (SSSR count). The summed E-state index contributed by atoms with van der Waals surface area (Å²) in [6.45, 7) is 0.444. The smallest absolute Gasteiger partial charge is 0.358 e. The van der Waals surface area contributed by atoms with Gasteiger partial charge in [0, 0.05) is 18.3 Å². The first-order valence-electron chi connectivity index (χ1n) is 4.32. The molecule has 80 valence electrons. The Labute approximate surface area is 94.8 Å². The highest BCUT2D eigenvalue weighted by Crippen LogP contribution is 2.17. The van der Waals surface area contributed by atoms with Gasteiger partial charge in [0.05, 0.1) is 12.5 Å². The first-order chi connectivity index (χ1) is 7.20. The summed E-state index contributed by atoms with van der Waals surface area (Å²) in [4.78, 5) is 13.9. The zero-order valence-electron chi connectivity index (χ0n) is 7.89. The van der Waals surface area contributed by atoms with Crippen LogP contribution in [0.25, 0.3) is 0 Å². The fourth-order valence-electron chi connectivity index (χ4n) is 1.26. The predicted molar refractivity (Wildman–Crippen MR) is 56.6 cm³/mol. The Hall–Kier alpha value is -1.42. The number of aryl methyl sites for hydroxylation is 1. The summed E-state index contributed by atoms with van der Waals surface area (Å²) in [7, 11) is 0. The standard InChI is InChI=1S/C8H9BrN4O2/c9-3-2-7-8(13(14)15)11-6-12(7)5-1-4-10/h6H,1-3,5H2. The Morgan fingerprint density at radius 1 is 1.73 bits per heavy atom. The number of imidazole rings is 1. The van der Waals surface area contributed by atoms with Crippen LogP contribution in [0.2, 0.25) is 0 Å². The average Bonchev–Trinajstić information content (AvgIpc) is 2.59. The SMILES string of the molecule is N#CCCn1cnc([N+](=O)[O-])c1CCBr. The van der Waals surface area contributed by atoms with Gasteiger partial charge in [0.25, 0.3) is 0 Å². The molecule has 0 saturated carbocycles. The summed E-state index contributed by atoms with van der Waals surface area (Å²) in [5.41, 5.74) is 0.562. The minimum atomic E-state index is -0.499. The molecular formula is C8H9BrN4O2. The summed E-state index contributed by atoms with van der Waals surface area (Å²) < 4.78 is 1.66. The highest BCUT2D eigenvalue weighted by Gasteiger charge is 2.20. The van der Waals surface area contributed by atoms with Crippen molar-refractivity contribution in [3.05, 3.63) is 22.1 Å². The molecule has 0 amide bonds. The molecule has 7 heteroatoms. The number of halogens is 1. The van der Waals surface area contributed by atoms with Crippen LogP contribution in [0.3, 0.4) is 0 Å². The van der Waals surface area contributed by atoms with Crippen molar-refractivity contribution >= 4 is 21.7 Å². The van der Waals surface area contributed by atoms with Crippen molar-refractivity contribution in [1.82, 2.24) is 9.55 Å². The maximum absolute atomic E-state index is 10.6. The van der Waals surface area contributed by atoms with Crippen molar-refractivity contribution in [2.75, 3.05) is 5.33 Å². The van der Waals surface area contributed by atoms with E-state index in [-0.39, 0.29) is 5.82 Å². The van der Waals surface area contributed by atoms with Gasteiger partial charge in [-0.1, -0.05) is 15.9 Å². The Kier molecular flexibility index (Phi) is 4.24. The van der Waals surface area contributed by atoms with Gasteiger partial charge in [0.2, 0.25) is 6.33 Å². The van der Waals surface area contributed by atoms with Crippen molar-refractivity contribution < 1.29 is 4.92 Å². The third-order valence-corrected chi connectivity index (χ3v) is 2.29. The van der Waals surface area contributed by atoms with Crippen LogP contribution in [-0.4, -0.2) is 19.8 Å². The van der Waals surface area contributed by atoms with Gasteiger partial charge in [-0.05, 0) is 9.91 Å². The lowest BCUT2D eigenvalue weighted by Crippen LogP contribution is -2.04. The van der Waals surface area contributed by atoms with Crippen LogP contribution in [0, 0.1) is 21.4 Å². The lowest BCUT2D eigenvalue weighted by atomic mass is 10.3. The molecule has 1 aromatic heterocycles. The molecule has 15 heavy (non-hydrogen) atoms. The molecule has 1 heterocycles. The molecule has 0 spiro atoms. The molecule has 0 fully saturated rings. The highest BCUT2D eigenvalue weighted by molar-refractivity contribution is 9.09. The zero-order valence-corrected chi connectivity index (χ0v) is 9.48. The van der Waals surface area contributed by atoms with Crippen molar-refractivity contribution in [3.8, 4) is 6.07 Å². The van der Waals surface area contributed by atoms with E-state index >= 15 is 0 Å². The van der Waals surface area contributed by atoms with Gasteiger partial charge in [0.1, 0.15) is 5.69 Å². The van der Waals surface area contributed by atoms with Crippen LogP contribution in [0.1, 0.15) is 12.1 Å². The molecule has 1 aromatic rings. The molecule has 0 aliphatic carbocycles. The van der Waals surface area contributed by atoms with Crippen molar-refractivity contribution in [2.45, 2.75) is 19.4 Å². The second kappa shape index (κ2) is 5.46. The third kappa shape index (κ3) is 2.76. The normalized spacial score (nSPS) is 9.87. The van der Waals surface area contributed by atoms with E-state index in [4.69, 9.17) is 5.26 Å². The van der Waals surface area contributed by atoms with Gasteiger partial charge in [0.15, 0.2) is 0 Å². The minimum Gasteiger partial charge on any atom is -0.358 e. The van der Waals surface area contributed by atoms with Gasteiger partial charge in [-0.15, -0.1) is 0 Å². The first kappa shape index (κ1) is 11.7. The second-order valence-corrected chi connectivity index (χ2v) is 3.61. The Morgan fingerprint density at radius 3 is 3.00 bits per heavy atom. The van der Waals surface area contributed by atoms with Crippen molar-refractivity contribution in [3.63, 3.8) is 0 Å². The maximum Gasteiger partial charge on any atom is 0.384 e. The fourth-order valence-corrected chi connectivity index (χ4v) is 1.63. The van der Waals surface area contributed by atoms with E-state index in [0.29, 0.717) is 30.4 Å². The number of nitro groups is 1. The molecule has 0 aliphatic heterocycles. The van der Waals surface area contributed by atoms with Crippen LogP contribution in [0.15, 0.2) is 6.33 Å². The minimum absolute atomic E-state index is 0.118. The lowest BCUT2D eigenvalue weighted by molar-refractivity contribution is -0.390. The largest absolute Gasteiger partial charge is 0.384 e. The second-order valence-electron chi connectivity index (χ2n) is 2.81. The van der Waals surface area contributed by atoms with Crippen LogP contribution in [-0.2, 0) is 13.0 Å². The molecule has 6 nitrogen and oxygen atoms in total. The number of hydrogen-bond donors (Lipinski definition) is 0. The summed E-state index contributed by atoms with van der Waals surface area (Å²) in [5.74, 6) is -0.118. The number of rotatable bonds is 5. The fraction of sp³-hybridized carbons (Fsp3) is 0.500. The Balaban J connectivity index is 2.96. The van der Waals surface area contributed by atoms with Gasteiger partial charge in [-0.25, -0.2) is 0 Å². The number of nitriles is 1. The summed E-state index contributed by atoms with van der Waals surface area (Å²) in [5, 5.41) is 19.7. The van der Waals surface area contributed by atoms with Gasteiger partial charge in [-0.2, -0.15) is 5.26 Å². The van der Waals surface area contributed by atoms with E-state index in [9.17, 15) is 10.1 Å². The van der Waals surface area contributed by atoms with Gasteiger partial charge < -0.3 is 14.7 Å². The summed E-state index contributed by atoms with van der Waals surface area (Å²) in [6.07, 6.45) is 2.26. The third-order valence-electron chi connectivity index (χ3n) is 1.89. The summed E-state index contributed by atoms with van der Waals surface area (Å²) in [6, 6.07) is 1.99. The van der Waals surface area contributed by atoms with Crippen LogP contribution in [0.5, 0.6) is 0 Å². The highest BCUT2D eigenvalue weighted by atomic mass is 79.9. The van der Waals surface area contributed by atoms with Crippen molar-refractivity contribution in [1.29, 1.82) is 5.26 Å². The number of nitrogens with zero attached hydrogens (tertiary/aromatic N) is 4. The molecule has 0 bridgehead atoms. The Bertz CT molecular complexity index is 396. The maximum atomic E-state index is 10.6. The molecule has 0 aliphatic rings. The molecule has 0 radical (unpaired) electrons. The number of hydrogen-bond acceptors (Lipinski definition) is 4. The number of alkyl halides is 1. The van der Waals surface area contributed by atoms with Crippen LogP contribution in [0.4, 0.5) is 5.82 Å². The molecular weight excluding hydrogens is 264 g/mol. The molecule has 0 N–H and O–H groups in total. The first-order valence-corrected chi connectivity index (χ1v) is 5.44. The van der Waals surface area contributed by atoms with Crippen molar-refractivity contribution in [2.24, 2.45) is 0 Å². The van der Waals surface area contributed by atoms with Crippen LogP contribution < -0.4 is 0 Å². The molecule has 0 aromatic carbocycles. The molecule has 0 atom stereocenters. The Morgan fingerprint density at radius 2 is 2.47 bits per heavy atom. The lowest BCUT2D eigenvalue weighted by Gasteiger charge is -2.02. The molecule has 0 unspecified atom stereocenters. The topological polar surface area (TPSA) is 84.8 Å². The van der Waals surface area contributed by atoms with E-state index in [2.05, 4.69) is 20.9 Å². The molecule has 0 saturated heterocycles. The van der Waals surface area contributed by atoms with Crippen LogP contribution >= 0.6 is 15.9 Å². The quantitative estimate of drug-likeness (QED) is 0.463. The summed E-state index contributed by atoms with van der Waals surface area (Å²) >= 11 is 3.23.